The lowest BCUT2D eigenvalue weighted by atomic mass is 10.1. The molecule has 0 saturated carbocycles. The minimum Gasteiger partial charge on any atom is -0.293 e. The maximum Gasteiger partial charge on any atom is 0.343 e. The number of aromatic nitrogens is 3. The van der Waals surface area contributed by atoms with Crippen LogP contribution in [0.2, 0.25) is 5.02 Å². The molecule has 1 heterocycles. The number of benzene rings is 1. The van der Waals surface area contributed by atoms with E-state index in [2.05, 4.69) is 10.2 Å². The molecule has 1 aromatic carbocycles. The van der Waals surface area contributed by atoms with Crippen molar-refractivity contribution >= 4 is 29.1 Å². The zero-order valence-corrected chi connectivity index (χ0v) is 11.8. The smallest absolute Gasteiger partial charge is 0.293 e. The largest absolute Gasteiger partial charge is 0.343 e. The molecule has 7 heteroatoms. The average molecular weight is 298 g/mol. The second kappa shape index (κ2) is 6.08. The number of carbonyl (C=O) groups excluding carboxylic acids is 1. The van der Waals surface area contributed by atoms with Crippen molar-refractivity contribution in [1.29, 1.82) is 0 Å². The van der Waals surface area contributed by atoms with E-state index in [9.17, 15) is 9.59 Å². The predicted octanol–water partition coefficient (Wildman–Crippen LogP) is 2.22. The molecule has 0 atom stereocenters. The van der Waals surface area contributed by atoms with Gasteiger partial charge in [0, 0.05) is 17.1 Å². The number of H-pyrrole nitrogens is 1. The van der Waals surface area contributed by atoms with Gasteiger partial charge < -0.3 is 0 Å². The minimum atomic E-state index is -0.264. The normalized spacial score (nSPS) is 10.6. The molecule has 1 N–H and O–H groups in total. The highest BCUT2D eigenvalue weighted by Crippen LogP contribution is 2.17. The summed E-state index contributed by atoms with van der Waals surface area (Å²) >= 11 is 7.06. The number of hydrogen-bond donors (Lipinski definition) is 1. The molecule has 0 aliphatic carbocycles. The Morgan fingerprint density at radius 3 is 3.00 bits per heavy atom. The Balaban J connectivity index is 2.06. The molecular formula is C12H12ClN3O2S. The summed E-state index contributed by atoms with van der Waals surface area (Å²) in [6.45, 7) is 2.36. The fourth-order valence-electron chi connectivity index (χ4n) is 1.57. The predicted molar refractivity (Wildman–Crippen MR) is 75.0 cm³/mol. The molecule has 2 rings (SSSR count). The fourth-order valence-corrected chi connectivity index (χ4v) is 2.66. The monoisotopic (exact) mass is 297 g/mol. The molecule has 100 valence electrons. The highest BCUT2D eigenvalue weighted by atomic mass is 35.5. The number of nitrogens with one attached hydrogen (secondary N) is 1. The second-order valence-electron chi connectivity index (χ2n) is 3.78. The summed E-state index contributed by atoms with van der Waals surface area (Å²) in [6.07, 6.45) is 0. The van der Waals surface area contributed by atoms with E-state index < -0.39 is 0 Å². The summed E-state index contributed by atoms with van der Waals surface area (Å²) in [7, 11) is 0. The molecule has 0 aliphatic rings. The number of hydrogen-bond acceptors (Lipinski definition) is 4. The zero-order chi connectivity index (χ0) is 13.8. The molecule has 0 saturated heterocycles. The van der Waals surface area contributed by atoms with Crippen LogP contribution in [0.15, 0.2) is 34.2 Å². The van der Waals surface area contributed by atoms with Gasteiger partial charge in [0.2, 0.25) is 0 Å². The van der Waals surface area contributed by atoms with Crippen LogP contribution in [0.1, 0.15) is 17.3 Å². The average Bonchev–Trinajstić information content (AvgIpc) is 2.76. The standard InChI is InChI=1S/C12H12ClN3O2S/c1-2-16-11(18)14-15-12(16)19-7-10(17)8-4-3-5-9(13)6-8/h3-6H,2,7H2,1H3,(H,14,18). The molecule has 5 nitrogen and oxygen atoms in total. The zero-order valence-electron chi connectivity index (χ0n) is 10.2. The van der Waals surface area contributed by atoms with Crippen molar-refractivity contribution < 1.29 is 4.79 Å². The summed E-state index contributed by atoms with van der Waals surface area (Å²) in [4.78, 5) is 23.3. The van der Waals surface area contributed by atoms with Crippen molar-refractivity contribution in [3.05, 3.63) is 45.3 Å². The van der Waals surface area contributed by atoms with Crippen molar-refractivity contribution in [1.82, 2.24) is 14.8 Å². The summed E-state index contributed by atoms with van der Waals surface area (Å²) in [6, 6.07) is 6.79. The molecule has 0 radical (unpaired) electrons. The number of carbonyl (C=O) groups is 1. The van der Waals surface area contributed by atoms with Gasteiger partial charge in [0.25, 0.3) is 0 Å². The Labute approximate surface area is 119 Å². The molecule has 0 fully saturated rings. The molecule has 0 spiro atoms. The van der Waals surface area contributed by atoms with Gasteiger partial charge in [0.15, 0.2) is 10.9 Å². The highest BCUT2D eigenvalue weighted by molar-refractivity contribution is 7.99. The van der Waals surface area contributed by atoms with Gasteiger partial charge in [-0.25, -0.2) is 9.89 Å². The van der Waals surface area contributed by atoms with Crippen LogP contribution in [-0.4, -0.2) is 26.3 Å². The van der Waals surface area contributed by atoms with Gasteiger partial charge in [-0.05, 0) is 19.1 Å². The molecule has 0 bridgehead atoms. The van der Waals surface area contributed by atoms with E-state index in [-0.39, 0.29) is 17.2 Å². The van der Waals surface area contributed by atoms with Crippen molar-refractivity contribution in [2.24, 2.45) is 0 Å². The Hall–Kier alpha value is -1.53. The maximum absolute atomic E-state index is 12.0. The van der Waals surface area contributed by atoms with Crippen LogP contribution in [0.25, 0.3) is 0 Å². The van der Waals surface area contributed by atoms with Crippen LogP contribution in [0.4, 0.5) is 0 Å². The molecular weight excluding hydrogens is 286 g/mol. The van der Waals surface area contributed by atoms with E-state index >= 15 is 0 Å². The van der Waals surface area contributed by atoms with Gasteiger partial charge in [0.05, 0.1) is 5.75 Å². The van der Waals surface area contributed by atoms with Crippen molar-refractivity contribution in [2.75, 3.05) is 5.75 Å². The number of thioether (sulfide) groups is 1. The number of rotatable bonds is 5. The molecule has 2 aromatic rings. The lowest BCUT2D eigenvalue weighted by molar-refractivity contribution is 0.102. The van der Waals surface area contributed by atoms with Crippen molar-refractivity contribution in [2.45, 2.75) is 18.6 Å². The summed E-state index contributed by atoms with van der Waals surface area (Å²) in [5, 5.41) is 7.29. The molecule has 0 unspecified atom stereocenters. The number of nitrogens with zero attached hydrogens (tertiary/aromatic N) is 2. The van der Waals surface area contributed by atoms with Crippen LogP contribution in [-0.2, 0) is 6.54 Å². The Morgan fingerprint density at radius 2 is 2.32 bits per heavy atom. The van der Waals surface area contributed by atoms with Crippen LogP contribution in [0.5, 0.6) is 0 Å². The molecule has 19 heavy (non-hydrogen) atoms. The topological polar surface area (TPSA) is 67.8 Å². The number of aromatic amines is 1. The van der Waals surface area contributed by atoms with Gasteiger partial charge >= 0.3 is 5.69 Å². The van der Waals surface area contributed by atoms with Crippen LogP contribution < -0.4 is 5.69 Å². The lowest BCUT2D eigenvalue weighted by Crippen LogP contribution is -2.16. The van der Waals surface area contributed by atoms with E-state index in [0.29, 0.717) is 22.3 Å². The van der Waals surface area contributed by atoms with Crippen LogP contribution >= 0.6 is 23.4 Å². The van der Waals surface area contributed by atoms with Crippen molar-refractivity contribution in [3.63, 3.8) is 0 Å². The van der Waals surface area contributed by atoms with Gasteiger partial charge in [0.1, 0.15) is 0 Å². The lowest BCUT2D eigenvalue weighted by Gasteiger charge is -2.02. The SMILES string of the molecule is CCn1c(SCC(=O)c2cccc(Cl)c2)n[nH]c1=O. The Morgan fingerprint density at radius 1 is 1.53 bits per heavy atom. The maximum atomic E-state index is 12.0. The third-order valence-corrected chi connectivity index (χ3v) is 3.73. The quantitative estimate of drug-likeness (QED) is 0.679. The summed E-state index contributed by atoms with van der Waals surface area (Å²) in [5.41, 5.74) is 0.293. The van der Waals surface area contributed by atoms with Gasteiger partial charge in [-0.2, -0.15) is 0 Å². The third kappa shape index (κ3) is 3.27. The number of ketones is 1. The third-order valence-electron chi connectivity index (χ3n) is 2.52. The minimum absolute atomic E-state index is 0.0504. The molecule has 1 aromatic heterocycles. The summed E-state index contributed by atoms with van der Waals surface area (Å²) in [5.74, 6) is 0.163. The first-order chi connectivity index (χ1) is 9.11. The van der Waals surface area contributed by atoms with Crippen molar-refractivity contribution in [3.8, 4) is 0 Å². The summed E-state index contributed by atoms with van der Waals surface area (Å²) < 4.78 is 1.48. The van der Waals surface area contributed by atoms with Crippen LogP contribution in [0.3, 0.4) is 0 Å². The Bertz CT molecular complexity index is 650. The fraction of sp³-hybridized carbons (Fsp3) is 0.250. The van der Waals surface area contributed by atoms with Gasteiger partial charge in [-0.15, -0.1) is 5.10 Å². The van der Waals surface area contributed by atoms with Gasteiger partial charge in [-0.3, -0.25) is 9.36 Å². The Kier molecular flexibility index (Phi) is 4.44. The number of halogens is 1. The second-order valence-corrected chi connectivity index (χ2v) is 5.16. The molecule has 0 amide bonds. The number of Topliss-reactive ketones (excluding diaryl/α,β-unsaturated/α-hetero) is 1. The first-order valence-electron chi connectivity index (χ1n) is 5.68. The molecule has 0 aliphatic heterocycles. The van der Waals surface area contributed by atoms with E-state index in [0.717, 1.165) is 0 Å². The van der Waals surface area contributed by atoms with E-state index in [1.807, 2.05) is 6.92 Å². The van der Waals surface area contributed by atoms with E-state index in [1.165, 1.54) is 16.3 Å². The van der Waals surface area contributed by atoms with Crippen LogP contribution in [0, 0.1) is 0 Å². The highest BCUT2D eigenvalue weighted by Gasteiger charge is 2.11. The first-order valence-corrected chi connectivity index (χ1v) is 7.05. The first kappa shape index (κ1) is 13.9. The van der Waals surface area contributed by atoms with E-state index in [4.69, 9.17) is 11.6 Å². The van der Waals surface area contributed by atoms with Gasteiger partial charge in [-0.1, -0.05) is 35.5 Å². The van der Waals surface area contributed by atoms with E-state index in [1.54, 1.807) is 24.3 Å².